The molecule has 4 aromatic rings. The molecule has 1 saturated heterocycles. The van der Waals surface area contributed by atoms with Crippen LogP contribution in [0.5, 0.6) is 0 Å². The molecule has 5 rings (SSSR count). The second-order valence-corrected chi connectivity index (χ2v) is 8.18. The lowest BCUT2D eigenvalue weighted by Gasteiger charge is -2.33. The largest absolute Gasteiger partial charge is 0.325 e. The van der Waals surface area contributed by atoms with Crippen molar-refractivity contribution >= 4 is 16.7 Å². The van der Waals surface area contributed by atoms with Gasteiger partial charge >= 0.3 is 0 Å². The Hall–Kier alpha value is -3.91. The number of carbonyl (C=O) groups excluding carboxylic acids is 1. The number of benzene rings is 3. The highest BCUT2D eigenvalue weighted by molar-refractivity contribution is 5.98. The first-order valence-corrected chi connectivity index (χ1v) is 11.0. The van der Waals surface area contributed by atoms with Gasteiger partial charge in [-0.05, 0) is 61.2 Å². The topological polar surface area (TPSA) is 51.0 Å². The first-order valence-electron chi connectivity index (χ1n) is 11.0. The molecule has 0 N–H and O–H groups in total. The Balaban J connectivity index is 1.46. The van der Waals surface area contributed by atoms with Gasteiger partial charge in [-0.15, -0.1) is 0 Å². The van der Waals surface area contributed by atoms with E-state index in [0.717, 1.165) is 30.4 Å². The molecular weight excluding hydrogens is 396 g/mol. The summed E-state index contributed by atoms with van der Waals surface area (Å²) in [5.41, 5.74) is 3.30. The van der Waals surface area contributed by atoms with Crippen LogP contribution < -0.4 is 0 Å². The molecule has 0 spiro atoms. The van der Waals surface area contributed by atoms with Crippen molar-refractivity contribution in [3.63, 3.8) is 0 Å². The smallest absolute Gasteiger partial charge is 0.257 e. The van der Waals surface area contributed by atoms with Gasteiger partial charge < -0.3 is 4.90 Å². The van der Waals surface area contributed by atoms with Crippen molar-refractivity contribution in [3.05, 3.63) is 89.7 Å². The van der Waals surface area contributed by atoms with E-state index in [1.165, 1.54) is 15.6 Å². The zero-order valence-electron chi connectivity index (χ0n) is 18.0. The van der Waals surface area contributed by atoms with E-state index in [1.807, 2.05) is 48.2 Å². The predicted octanol–water partition coefficient (Wildman–Crippen LogP) is 4.78. The minimum absolute atomic E-state index is 0.0153. The number of hydrogen-bond donors (Lipinski definition) is 0. The van der Waals surface area contributed by atoms with Crippen LogP contribution in [0.25, 0.3) is 16.5 Å². The third-order valence-electron chi connectivity index (χ3n) is 5.91. The molecule has 1 aliphatic heterocycles. The molecule has 1 aliphatic rings. The minimum atomic E-state index is -0.110. The molecule has 5 heteroatoms. The Morgan fingerprint density at radius 1 is 0.969 bits per heavy atom. The zero-order valence-corrected chi connectivity index (χ0v) is 18.0. The lowest BCUT2D eigenvalue weighted by molar-refractivity contribution is 0.0672. The van der Waals surface area contributed by atoms with E-state index >= 15 is 0 Å². The van der Waals surface area contributed by atoms with Gasteiger partial charge in [0.05, 0.1) is 29.7 Å². The van der Waals surface area contributed by atoms with E-state index in [4.69, 9.17) is 0 Å². The summed E-state index contributed by atoms with van der Waals surface area (Å²) in [6.45, 7) is 2.69. The van der Waals surface area contributed by atoms with Gasteiger partial charge in [0, 0.05) is 12.1 Å². The molecule has 32 heavy (non-hydrogen) atoms. The lowest BCUT2D eigenvalue weighted by atomic mass is 9.99. The van der Waals surface area contributed by atoms with Crippen molar-refractivity contribution in [2.45, 2.75) is 32.2 Å². The lowest BCUT2D eigenvalue weighted by Crippen LogP contribution is -2.43. The number of rotatable bonds is 2. The average molecular weight is 421 g/mol. The van der Waals surface area contributed by atoms with Crippen molar-refractivity contribution in [3.8, 4) is 17.5 Å². The summed E-state index contributed by atoms with van der Waals surface area (Å²) < 4.78 is 0. The molecule has 1 unspecified atom stereocenters. The summed E-state index contributed by atoms with van der Waals surface area (Å²) in [6, 6.07) is 20.2. The number of piperidine rings is 1. The summed E-state index contributed by atoms with van der Waals surface area (Å²) in [7, 11) is 0. The van der Waals surface area contributed by atoms with Gasteiger partial charge in [-0.2, -0.15) is 15.0 Å². The van der Waals surface area contributed by atoms with Gasteiger partial charge in [-0.1, -0.05) is 53.8 Å². The van der Waals surface area contributed by atoms with E-state index in [9.17, 15) is 4.79 Å². The summed E-state index contributed by atoms with van der Waals surface area (Å²) in [4.78, 5) is 17.1. The van der Waals surface area contributed by atoms with Crippen LogP contribution >= 0.6 is 0 Å². The quantitative estimate of drug-likeness (QED) is 0.439. The molecule has 1 atom stereocenters. The predicted molar refractivity (Wildman–Crippen MR) is 126 cm³/mol. The Kier molecular flexibility index (Phi) is 5.43. The molecule has 1 amide bonds. The van der Waals surface area contributed by atoms with E-state index in [-0.39, 0.29) is 11.9 Å². The van der Waals surface area contributed by atoms with Gasteiger partial charge in [0.1, 0.15) is 0 Å². The van der Waals surface area contributed by atoms with Crippen LogP contribution in [0.2, 0.25) is 0 Å². The summed E-state index contributed by atoms with van der Waals surface area (Å²) in [5, 5.41) is 10.8. The Bertz CT molecular complexity index is 1330. The number of hydrogen-bond acceptors (Lipinski definition) is 3. The van der Waals surface area contributed by atoms with Crippen molar-refractivity contribution < 1.29 is 4.79 Å². The second-order valence-electron chi connectivity index (χ2n) is 8.18. The fourth-order valence-electron chi connectivity index (χ4n) is 4.25. The average Bonchev–Trinajstić information content (AvgIpc) is 3.37. The van der Waals surface area contributed by atoms with Crippen molar-refractivity contribution in [2.24, 2.45) is 0 Å². The molecule has 0 bridgehead atoms. The van der Waals surface area contributed by atoms with Crippen LogP contribution in [0, 0.1) is 18.8 Å². The highest BCUT2D eigenvalue weighted by Crippen LogP contribution is 2.23. The number of aromatic nitrogens is 3. The maximum absolute atomic E-state index is 13.7. The maximum Gasteiger partial charge on any atom is 0.257 e. The normalized spacial score (nSPS) is 15.9. The van der Waals surface area contributed by atoms with Crippen molar-refractivity contribution in [1.82, 2.24) is 19.9 Å². The van der Waals surface area contributed by atoms with Crippen molar-refractivity contribution in [2.75, 3.05) is 6.54 Å². The van der Waals surface area contributed by atoms with Crippen molar-refractivity contribution in [1.29, 1.82) is 0 Å². The van der Waals surface area contributed by atoms with Crippen LogP contribution in [0.1, 0.15) is 40.7 Å². The standard InChI is InChI=1S/C27H24N4O/c1-20-9-14-26(31-28-15-16-29-31)25(18-20)27(32)30-17-5-4-8-24(30)13-11-21-10-12-22-6-2-3-7-23(22)19-21/h2-3,6-7,9-10,12,14-16,18-19,24H,4-5,8,17H2,1H3. The molecule has 0 saturated carbocycles. The van der Waals surface area contributed by atoms with E-state index in [0.29, 0.717) is 17.8 Å². The molecule has 0 radical (unpaired) electrons. The molecule has 2 heterocycles. The van der Waals surface area contributed by atoms with Gasteiger partial charge in [-0.3, -0.25) is 4.79 Å². The fraction of sp³-hybridized carbons (Fsp3) is 0.222. The summed E-state index contributed by atoms with van der Waals surface area (Å²) in [6.07, 6.45) is 6.18. The Morgan fingerprint density at radius 2 is 1.78 bits per heavy atom. The first-order chi connectivity index (χ1) is 15.7. The van der Waals surface area contributed by atoms with Gasteiger partial charge in [0.2, 0.25) is 0 Å². The van der Waals surface area contributed by atoms with Gasteiger partial charge in [0.25, 0.3) is 5.91 Å². The second kappa shape index (κ2) is 8.68. The highest BCUT2D eigenvalue weighted by Gasteiger charge is 2.28. The Labute approximate surface area is 187 Å². The summed E-state index contributed by atoms with van der Waals surface area (Å²) >= 11 is 0. The number of fused-ring (bicyclic) bond motifs is 1. The van der Waals surface area contributed by atoms with Crippen LogP contribution in [-0.4, -0.2) is 38.4 Å². The van der Waals surface area contributed by atoms with E-state index in [1.54, 1.807) is 12.4 Å². The maximum atomic E-state index is 13.7. The number of carbonyl (C=O) groups is 1. The Morgan fingerprint density at radius 3 is 2.62 bits per heavy atom. The minimum Gasteiger partial charge on any atom is -0.325 e. The zero-order chi connectivity index (χ0) is 21.9. The number of nitrogens with zero attached hydrogens (tertiary/aromatic N) is 4. The monoisotopic (exact) mass is 420 g/mol. The molecule has 5 nitrogen and oxygen atoms in total. The van der Waals surface area contributed by atoms with Gasteiger partial charge in [-0.25, -0.2) is 0 Å². The van der Waals surface area contributed by atoms with Crippen LogP contribution in [0.4, 0.5) is 0 Å². The van der Waals surface area contributed by atoms with Crippen LogP contribution in [0.3, 0.4) is 0 Å². The fourth-order valence-corrected chi connectivity index (χ4v) is 4.25. The van der Waals surface area contributed by atoms with Gasteiger partial charge in [0.15, 0.2) is 0 Å². The third-order valence-corrected chi connectivity index (χ3v) is 5.91. The SMILES string of the molecule is Cc1ccc(-n2nccn2)c(C(=O)N2CCCCC2C#Cc2ccc3ccccc3c2)c1. The molecule has 3 aromatic carbocycles. The highest BCUT2D eigenvalue weighted by atomic mass is 16.2. The molecule has 1 fully saturated rings. The molecule has 1 aromatic heterocycles. The molecular formula is C27H24N4O. The van der Waals surface area contributed by atoms with E-state index < -0.39 is 0 Å². The first kappa shape index (κ1) is 20.0. The summed E-state index contributed by atoms with van der Waals surface area (Å²) in [5.74, 6) is 6.70. The van der Waals surface area contributed by atoms with Crippen LogP contribution in [-0.2, 0) is 0 Å². The number of amides is 1. The third kappa shape index (κ3) is 4.00. The molecule has 158 valence electrons. The number of likely N-dealkylation sites (tertiary alicyclic amines) is 1. The number of aryl methyl sites for hydroxylation is 1. The van der Waals surface area contributed by atoms with E-state index in [2.05, 4.69) is 46.3 Å². The molecule has 0 aliphatic carbocycles. The van der Waals surface area contributed by atoms with Crippen LogP contribution in [0.15, 0.2) is 73.1 Å².